The van der Waals surface area contributed by atoms with Crippen molar-refractivity contribution in [2.24, 2.45) is 0 Å². The predicted molar refractivity (Wildman–Crippen MR) is 89.7 cm³/mol. The summed E-state index contributed by atoms with van der Waals surface area (Å²) in [7, 11) is 0. The molecule has 6 nitrogen and oxygen atoms in total. The molecule has 0 unspecified atom stereocenters. The van der Waals surface area contributed by atoms with Crippen LogP contribution < -0.4 is 5.32 Å². The first-order valence-electron chi connectivity index (χ1n) is 8.04. The number of pyridine rings is 1. The number of likely N-dealkylation sites (tertiary alicyclic amines) is 1. The van der Waals surface area contributed by atoms with E-state index in [1.54, 1.807) is 30.5 Å². The van der Waals surface area contributed by atoms with Crippen LogP contribution in [0.4, 0.5) is 9.18 Å². The second kappa shape index (κ2) is 7.29. The average molecular weight is 343 g/mol. The Kier molecular flexibility index (Phi) is 4.92. The zero-order valence-corrected chi connectivity index (χ0v) is 13.5. The molecule has 0 aliphatic carbocycles. The fourth-order valence-corrected chi connectivity index (χ4v) is 2.93. The number of rotatable bonds is 3. The van der Waals surface area contributed by atoms with Gasteiger partial charge in [0.15, 0.2) is 0 Å². The Balaban J connectivity index is 1.74. The Bertz CT molecular complexity index is 789. The van der Waals surface area contributed by atoms with E-state index in [1.165, 1.54) is 17.0 Å². The van der Waals surface area contributed by atoms with E-state index >= 15 is 0 Å². The summed E-state index contributed by atoms with van der Waals surface area (Å²) in [5.74, 6) is -0.684. The summed E-state index contributed by atoms with van der Waals surface area (Å²) in [5, 5.41) is 11.9. The van der Waals surface area contributed by atoms with Crippen molar-refractivity contribution >= 4 is 12.0 Å². The van der Waals surface area contributed by atoms with E-state index < -0.39 is 11.9 Å². The van der Waals surface area contributed by atoms with E-state index in [0.717, 1.165) is 0 Å². The molecule has 2 aromatic rings. The smallest absolute Gasteiger partial charge is 0.407 e. The number of carbonyl (C=O) groups excluding carboxylic acids is 1. The van der Waals surface area contributed by atoms with Crippen LogP contribution in [0, 0.1) is 5.82 Å². The molecule has 25 heavy (non-hydrogen) atoms. The Morgan fingerprint density at radius 3 is 2.64 bits per heavy atom. The molecule has 1 aliphatic heterocycles. The molecule has 2 amide bonds. The zero-order chi connectivity index (χ0) is 17.8. The summed E-state index contributed by atoms with van der Waals surface area (Å²) in [6.45, 7) is 0.786. The van der Waals surface area contributed by atoms with E-state index in [0.29, 0.717) is 42.8 Å². The molecule has 1 aromatic heterocycles. The van der Waals surface area contributed by atoms with Gasteiger partial charge in [-0.15, -0.1) is 0 Å². The Hall–Kier alpha value is -2.96. The van der Waals surface area contributed by atoms with Gasteiger partial charge in [0.25, 0.3) is 5.91 Å². The van der Waals surface area contributed by atoms with Crippen molar-refractivity contribution in [2.75, 3.05) is 13.1 Å². The molecule has 0 radical (unpaired) electrons. The van der Waals surface area contributed by atoms with Crippen molar-refractivity contribution < 1.29 is 19.1 Å². The average Bonchev–Trinajstić information content (AvgIpc) is 2.62. The van der Waals surface area contributed by atoms with Crippen LogP contribution in [0.1, 0.15) is 23.2 Å². The largest absolute Gasteiger partial charge is 0.465 e. The molecule has 1 aromatic carbocycles. The third-order valence-corrected chi connectivity index (χ3v) is 4.25. The fourth-order valence-electron chi connectivity index (χ4n) is 2.93. The normalized spacial score (nSPS) is 15.0. The molecule has 0 bridgehead atoms. The van der Waals surface area contributed by atoms with Crippen LogP contribution in [0.15, 0.2) is 42.6 Å². The Morgan fingerprint density at radius 1 is 1.20 bits per heavy atom. The highest BCUT2D eigenvalue weighted by molar-refractivity contribution is 6.00. The second-order valence-electron chi connectivity index (χ2n) is 5.93. The lowest BCUT2D eigenvalue weighted by molar-refractivity contribution is 0.0907. The minimum atomic E-state index is -0.939. The fraction of sp³-hybridized carbons (Fsp3) is 0.278. The minimum Gasteiger partial charge on any atom is -0.465 e. The van der Waals surface area contributed by atoms with Gasteiger partial charge in [0, 0.05) is 30.9 Å². The molecule has 2 N–H and O–H groups in total. The van der Waals surface area contributed by atoms with Crippen molar-refractivity contribution in [3.05, 3.63) is 54.0 Å². The number of carbonyl (C=O) groups is 2. The molecule has 7 heteroatoms. The number of nitrogens with zero attached hydrogens (tertiary/aromatic N) is 2. The van der Waals surface area contributed by atoms with E-state index in [2.05, 4.69) is 10.3 Å². The second-order valence-corrected chi connectivity index (χ2v) is 5.93. The maximum absolute atomic E-state index is 13.5. The number of hydrogen-bond donors (Lipinski definition) is 2. The van der Waals surface area contributed by atoms with Crippen LogP contribution in [0.3, 0.4) is 0 Å². The lowest BCUT2D eigenvalue weighted by Gasteiger charge is -2.30. The summed E-state index contributed by atoms with van der Waals surface area (Å²) in [6, 6.07) is 9.16. The topological polar surface area (TPSA) is 82.5 Å². The van der Waals surface area contributed by atoms with Gasteiger partial charge >= 0.3 is 6.09 Å². The number of piperidine rings is 1. The number of aromatic nitrogens is 1. The molecular weight excluding hydrogens is 325 g/mol. The van der Waals surface area contributed by atoms with Crippen molar-refractivity contribution in [3.8, 4) is 11.3 Å². The molecule has 0 spiro atoms. The first-order chi connectivity index (χ1) is 12.0. The number of carboxylic acid groups (broad SMARTS) is 1. The van der Waals surface area contributed by atoms with Crippen LogP contribution in [-0.2, 0) is 0 Å². The molecule has 0 saturated carbocycles. The van der Waals surface area contributed by atoms with Crippen molar-refractivity contribution in [2.45, 2.75) is 18.9 Å². The summed E-state index contributed by atoms with van der Waals surface area (Å²) in [6.07, 6.45) is 1.74. The number of benzene rings is 1. The van der Waals surface area contributed by atoms with Crippen LogP contribution in [0.2, 0.25) is 0 Å². The third kappa shape index (κ3) is 3.93. The third-order valence-electron chi connectivity index (χ3n) is 4.25. The van der Waals surface area contributed by atoms with Gasteiger partial charge in [0.1, 0.15) is 5.82 Å². The van der Waals surface area contributed by atoms with Gasteiger partial charge in [0.05, 0.1) is 11.3 Å². The van der Waals surface area contributed by atoms with Crippen molar-refractivity contribution in [3.63, 3.8) is 0 Å². The highest BCUT2D eigenvalue weighted by Gasteiger charge is 2.24. The van der Waals surface area contributed by atoms with Gasteiger partial charge in [0.2, 0.25) is 0 Å². The Labute approximate surface area is 144 Å². The Morgan fingerprint density at radius 2 is 1.96 bits per heavy atom. The van der Waals surface area contributed by atoms with Crippen molar-refractivity contribution in [1.29, 1.82) is 0 Å². The first kappa shape index (κ1) is 16.9. The minimum absolute atomic E-state index is 0.0938. The van der Waals surface area contributed by atoms with E-state index in [-0.39, 0.29) is 11.9 Å². The quantitative estimate of drug-likeness (QED) is 0.898. The van der Waals surface area contributed by atoms with E-state index in [1.807, 2.05) is 0 Å². The predicted octanol–water partition coefficient (Wildman–Crippen LogP) is 2.76. The highest BCUT2D eigenvalue weighted by Crippen LogP contribution is 2.22. The van der Waals surface area contributed by atoms with Gasteiger partial charge < -0.3 is 15.3 Å². The van der Waals surface area contributed by atoms with E-state index in [4.69, 9.17) is 5.11 Å². The molecule has 0 atom stereocenters. The SMILES string of the molecule is O=C(NC1CCN(C(=O)O)CC1)c1cccnc1-c1cccc(F)c1. The molecule has 2 heterocycles. The molecule has 1 saturated heterocycles. The first-order valence-corrected chi connectivity index (χ1v) is 8.04. The molecule has 130 valence electrons. The standard InChI is InChI=1S/C18H18FN3O3/c19-13-4-1-3-12(11-13)16-15(5-2-8-20-16)17(23)21-14-6-9-22(10-7-14)18(24)25/h1-5,8,11,14H,6-7,9-10H2,(H,21,23)(H,24,25). The summed E-state index contributed by atoms with van der Waals surface area (Å²) >= 11 is 0. The number of amides is 2. The highest BCUT2D eigenvalue weighted by atomic mass is 19.1. The van der Waals surface area contributed by atoms with Gasteiger partial charge in [-0.05, 0) is 37.1 Å². The van der Waals surface area contributed by atoms with Gasteiger partial charge in [-0.25, -0.2) is 9.18 Å². The number of halogens is 1. The van der Waals surface area contributed by atoms with Crippen molar-refractivity contribution in [1.82, 2.24) is 15.2 Å². The molecular formula is C18H18FN3O3. The van der Waals surface area contributed by atoms with Crippen LogP contribution in [0.25, 0.3) is 11.3 Å². The summed E-state index contributed by atoms with van der Waals surface area (Å²) in [4.78, 5) is 29.1. The monoisotopic (exact) mass is 343 g/mol. The van der Waals surface area contributed by atoms with E-state index in [9.17, 15) is 14.0 Å². The number of hydrogen-bond acceptors (Lipinski definition) is 3. The van der Waals surface area contributed by atoms with Crippen LogP contribution >= 0.6 is 0 Å². The maximum atomic E-state index is 13.5. The molecule has 1 aliphatic rings. The van der Waals surface area contributed by atoms with Crippen LogP contribution in [-0.4, -0.2) is 46.1 Å². The molecule has 3 rings (SSSR count). The van der Waals surface area contributed by atoms with Gasteiger partial charge in [-0.3, -0.25) is 9.78 Å². The summed E-state index contributed by atoms with van der Waals surface area (Å²) < 4.78 is 13.5. The summed E-state index contributed by atoms with van der Waals surface area (Å²) in [5.41, 5.74) is 1.32. The lowest BCUT2D eigenvalue weighted by Crippen LogP contribution is -2.46. The number of nitrogens with one attached hydrogen (secondary N) is 1. The zero-order valence-electron chi connectivity index (χ0n) is 13.5. The molecule has 1 fully saturated rings. The maximum Gasteiger partial charge on any atom is 0.407 e. The van der Waals surface area contributed by atoms with Gasteiger partial charge in [-0.2, -0.15) is 0 Å². The van der Waals surface area contributed by atoms with Crippen LogP contribution in [0.5, 0.6) is 0 Å². The van der Waals surface area contributed by atoms with Gasteiger partial charge in [-0.1, -0.05) is 12.1 Å². The lowest BCUT2D eigenvalue weighted by atomic mass is 10.0.